The topological polar surface area (TPSA) is 80.0 Å². The van der Waals surface area contributed by atoms with Gasteiger partial charge in [0.1, 0.15) is 0 Å². The summed E-state index contributed by atoms with van der Waals surface area (Å²) in [4.78, 5) is 6.54. The maximum absolute atomic E-state index is 12.0. The molecule has 0 amide bonds. The third-order valence-corrected chi connectivity index (χ3v) is 1.22. The lowest BCUT2D eigenvalue weighted by Crippen LogP contribution is -2.15. The lowest BCUT2D eigenvalue weighted by molar-refractivity contribution is -0.144. The third kappa shape index (κ3) is 1.95. The minimum Gasteiger partial charge on any atom is -0.381 e. The van der Waals surface area contributed by atoms with E-state index in [9.17, 15) is 13.2 Å². The number of halogens is 3. The zero-order chi connectivity index (χ0) is 10.1. The number of nitrogens with two attached hydrogens (primary N) is 1. The Balaban J connectivity index is 3.00. The van der Waals surface area contributed by atoms with Crippen LogP contribution >= 0.6 is 0 Å². The van der Waals surface area contributed by atoms with E-state index < -0.39 is 12.0 Å². The lowest BCUT2D eigenvalue weighted by Gasteiger charge is -1.98. The SMILES string of the molecule is CN=C(N)c1n[nH]c(C(F)(F)F)n1. The number of aromatic amines is 1. The molecule has 0 unspecified atom stereocenters. The van der Waals surface area contributed by atoms with Crippen LogP contribution in [0.4, 0.5) is 13.2 Å². The normalized spacial score (nSPS) is 13.4. The van der Waals surface area contributed by atoms with Crippen molar-refractivity contribution in [2.75, 3.05) is 7.05 Å². The third-order valence-electron chi connectivity index (χ3n) is 1.22. The zero-order valence-electron chi connectivity index (χ0n) is 6.55. The van der Waals surface area contributed by atoms with Gasteiger partial charge in [-0.05, 0) is 0 Å². The number of aliphatic imine (C=N–C) groups is 1. The highest BCUT2D eigenvalue weighted by Crippen LogP contribution is 2.25. The average Bonchev–Trinajstić information content (AvgIpc) is 2.50. The predicted molar refractivity (Wildman–Crippen MR) is 38.0 cm³/mol. The van der Waals surface area contributed by atoms with Crippen molar-refractivity contribution >= 4 is 5.84 Å². The van der Waals surface area contributed by atoms with Crippen molar-refractivity contribution in [1.29, 1.82) is 0 Å². The van der Waals surface area contributed by atoms with Crippen molar-refractivity contribution in [1.82, 2.24) is 15.2 Å². The quantitative estimate of drug-likeness (QED) is 0.492. The van der Waals surface area contributed by atoms with E-state index in [1.807, 2.05) is 0 Å². The molecule has 1 rings (SSSR count). The molecule has 8 heteroatoms. The number of amidine groups is 1. The highest BCUT2D eigenvalue weighted by molar-refractivity contribution is 5.93. The summed E-state index contributed by atoms with van der Waals surface area (Å²) < 4.78 is 35.9. The van der Waals surface area contributed by atoms with Crippen LogP contribution in [0.2, 0.25) is 0 Å². The molecule has 0 saturated carbocycles. The molecule has 0 aromatic carbocycles. The van der Waals surface area contributed by atoms with Crippen molar-refractivity contribution in [2.45, 2.75) is 6.18 Å². The van der Waals surface area contributed by atoms with Crippen molar-refractivity contribution in [2.24, 2.45) is 10.7 Å². The second-order valence-electron chi connectivity index (χ2n) is 2.11. The van der Waals surface area contributed by atoms with E-state index in [-0.39, 0.29) is 11.7 Å². The Morgan fingerprint density at radius 2 is 2.15 bits per heavy atom. The first-order chi connectivity index (χ1) is 5.95. The zero-order valence-corrected chi connectivity index (χ0v) is 6.55. The molecule has 3 N–H and O–H groups in total. The van der Waals surface area contributed by atoms with Gasteiger partial charge in [0.05, 0.1) is 0 Å². The molecular formula is C5H6F3N5. The summed E-state index contributed by atoms with van der Waals surface area (Å²) in [6.45, 7) is 0. The van der Waals surface area contributed by atoms with Crippen LogP contribution in [0, 0.1) is 0 Å². The molecule has 1 aromatic rings. The minimum absolute atomic E-state index is 0.147. The molecule has 0 radical (unpaired) electrons. The van der Waals surface area contributed by atoms with Crippen LogP contribution in [-0.4, -0.2) is 28.1 Å². The van der Waals surface area contributed by atoms with E-state index in [0.29, 0.717) is 0 Å². The van der Waals surface area contributed by atoms with Gasteiger partial charge in [-0.2, -0.15) is 13.2 Å². The molecule has 0 aliphatic carbocycles. The fourth-order valence-electron chi connectivity index (χ4n) is 0.603. The number of H-pyrrole nitrogens is 1. The Morgan fingerprint density at radius 3 is 2.54 bits per heavy atom. The second kappa shape index (κ2) is 3.04. The van der Waals surface area contributed by atoms with E-state index in [4.69, 9.17) is 5.73 Å². The van der Waals surface area contributed by atoms with Crippen LogP contribution in [0.25, 0.3) is 0 Å². The number of hydrogen-bond acceptors (Lipinski definition) is 3. The fourth-order valence-corrected chi connectivity index (χ4v) is 0.603. The monoisotopic (exact) mass is 193 g/mol. The number of hydrogen-bond donors (Lipinski definition) is 2. The first kappa shape index (κ1) is 9.49. The maximum Gasteiger partial charge on any atom is 0.451 e. The van der Waals surface area contributed by atoms with Crippen LogP contribution in [0.15, 0.2) is 4.99 Å². The van der Waals surface area contributed by atoms with E-state index in [0.717, 1.165) is 0 Å². The molecule has 0 bridgehead atoms. The molecular weight excluding hydrogens is 187 g/mol. The number of aromatic nitrogens is 3. The van der Waals surface area contributed by atoms with Crippen LogP contribution in [0.5, 0.6) is 0 Å². The molecule has 0 fully saturated rings. The van der Waals surface area contributed by atoms with Crippen molar-refractivity contribution < 1.29 is 13.2 Å². The smallest absolute Gasteiger partial charge is 0.381 e. The fraction of sp³-hybridized carbons (Fsp3) is 0.400. The van der Waals surface area contributed by atoms with Crippen molar-refractivity contribution in [3.8, 4) is 0 Å². The number of nitrogens with zero attached hydrogens (tertiary/aromatic N) is 3. The van der Waals surface area contributed by atoms with Crippen LogP contribution in [0.1, 0.15) is 11.6 Å². The highest BCUT2D eigenvalue weighted by Gasteiger charge is 2.35. The van der Waals surface area contributed by atoms with Crippen LogP contribution in [-0.2, 0) is 6.18 Å². The van der Waals surface area contributed by atoms with Gasteiger partial charge in [0.2, 0.25) is 11.6 Å². The predicted octanol–water partition coefficient (Wildman–Crippen LogP) is 0.159. The summed E-state index contributed by atoms with van der Waals surface area (Å²) in [6.07, 6.45) is -4.54. The first-order valence-electron chi connectivity index (χ1n) is 3.17. The van der Waals surface area contributed by atoms with Gasteiger partial charge in [0.15, 0.2) is 5.84 Å². The van der Waals surface area contributed by atoms with Gasteiger partial charge in [-0.15, -0.1) is 5.10 Å². The number of nitrogens with one attached hydrogen (secondary N) is 1. The Bertz CT molecular complexity index is 325. The minimum atomic E-state index is -4.54. The summed E-state index contributed by atoms with van der Waals surface area (Å²) >= 11 is 0. The highest BCUT2D eigenvalue weighted by atomic mass is 19.4. The van der Waals surface area contributed by atoms with Gasteiger partial charge >= 0.3 is 6.18 Å². The van der Waals surface area contributed by atoms with Gasteiger partial charge < -0.3 is 5.73 Å². The van der Waals surface area contributed by atoms with E-state index in [2.05, 4.69) is 15.1 Å². The summed E-state index contributed by atoms with van der Waals surface area (Å²) in [7, 11) is 1.33. The molecule has 5 nitrogen and oxygen atoms in total. The van der Waals surface area contributed by atoms with E-state index >= 15 is 0 Å². The summed E-state index contributed by atoms with van der Waals surface area (Å²) in [5, 5.41) is 4.96. The first-order valence-corrected chi connectivity index (χ1v) is 3.17. The number of rotatable bonds is 1. The van der Waals surface area contributed by atoms with Gasteiger partial charge in [-0.3, -0.25) is 10.1 Å². The molecule has 1 aromatic heterocycles. The molecule has 0 aliphatic heterocycles. The summed E-state index contributed by atoms with van der Waals surface area (Å²) in [6, 6.07) is 0. The van der Waals surface area contributed by atoms with Crippen molar-refractivity contribution in [3.05, 3.63) is 11.6 Å². The molecule has 0 saturated heterocycles. The Morgan fingerprint density at radius 1 is 1.54 bits per heavy atom. The Hall–Kier alpha value is -1.60. The van der Waals surface area contributed by atoms with E-state index in [1.54, 1.807) is 5.10 Å². The van der Waals surface area contributed by atoms with Gasteiger partial charge in [-0.1, -0.05) is 0 Å². The van der Waals surface area contributed by atoms with Crippen LogP contribution in [0.3, 0.4) is 0 Å². The molecule has 0 aliphatic rings. The Labute approximate surface area is 70.9 Å². The van der Waals surface area contributed by atoms with Gasteiger partial charge in [0.25, 0.3) is 0 Å². The van der Waals surface area contributed by atoms with Crippen molar-refractivity contribution in [3.63, 3.8) is 0 Å². The maximum atomic E-state index is 12.0. The second-order valence-corrected chi connectivity index (χ2v) is 2.11. The molecule has 1 heterocycles. The largest absolute Gasteiger partial charge is 0.451 e. The molecule has 13 heavy (non-hydrogen) atoms. The molecule has 72 valence electrons. The molecule has 0 spiro atoms. The van der Waals surface area contributed by atoms with Gasteiger partial charge in [0, 0.05) is 7.05 Å². The molecule has 0 atom stereocenters. The standard InChI is InChI=1S/C5H6F3N5/c1-10-2(9)3-11-4(13-12-3)5(6,7)8/h1H3,(H2,9,10)(H,11,12,13). The number of alkyl halides is 3. The Kier molecular flexibility index (Phi) is 2.22. The summed E-state index contributed by atoms with van der Waals surface area (Å²) in [5.41, 5.74) is 5.19. The lowest BCUT2D eigenvalue weighted by atomic mass is 10.5. The van der Waals surface area contributed by atoms with E-state index in [1.165, 1.54) is 7.05 Å². The average molecular weight is 193 g/mol. The van der Waals surface area contributed by atoms with Gasteiger partial charge in [-0.25, -0.2) is 4.98 Å². The van der Waals surface area contributed by atoms with Crippen LogP contribution < -0.4 is 5.73 Å². The summed E-state index contributed by atoms with van der Waals surface area (Å²) in [5.74, 6) is -1.59.